The van der Waals surface area contributed by atoms with Crippen LogP contribution in [0.15, 0.2) is 0 Å². The van der Waals surface area contributed by atoms with Gasteiger partial charge in [-0.15, -0.1) is 0 Å². The van der Waals surface area contributed by atoms with E-state index in [1.165, 1.54) is 0 Å². The lowest BCUT2D eigenvalue weighted by molar-refractivity contribution is -0.138. The van der Waals surface area contributed by atoms with E-state index >= 15 is 0 Å². The van der Waals surface area contributed by atoms with Crippen LogP contribution < -0.4 is 5.32 Å². The molecule has 4 nitrogen and oxygen atoms in total. The summed E-state index contributed by atoms with van der Waals surface area (Å²) in [6.07, 6.45) is 1.92. The minimum absolute atomic E-state index is 0.451. The van der Waals surface area contributed by atoms with Crippen molar-refractivity contribution in [2.75, 3.05) is 20.3 Å². The lowest BCUT2D eigenvalue weighted by Crippen LogP contribution is -2.34. The van der Waals surface area contributed by atoms with Gasteiger partial charge in [-0.3, -0.25) is 4.79 Å². The Morgan fingerprint density at radius 1 is 1.58 bits per heavy atom. The highest BCUT2D eigenvalue weighted by Gasteiger charge is 2.07. The third kappa shape index (κ3) is 6.12. The first-order valence-corrected chi connectivity index (χ1v) is 4.13. The van der Waals surface area contributed by atoms with Gasteiger partial charge in [-0.2, -0.15) is 0 Å². The zero-order chi connectivity index (χ0) is 9.40. The third-order valence-corrected chi connectivity index (χ3v) is 1.60. The van der Waals surface area contributed by atoms with Crippen molar-refractivity contribution in [3.8, 4) is 0 Å². The number of methoxy groups -OCH3 is 1. The Kier molecular flexibility index (Phi) is 6.70. The molecule has 0 aromatic heterocycles. The molecule has 0 fully saturated rings. The number of ether oxygens (including phenoxy) is 1. The van der Waals surface area contributed by atoms with E-state index in [0.29, 0.717) is 0 Å². The minimum Gasteiger partial charge on any atom is -0.480 e. The molecular weight excluding hydrogens is 158 g/mol. The summed E-state index contributed by atoms with van der Waals surface area (Å²) in [6.45, 7) is 3.11. The number of carboxylic acid groups (broad SMARTS) is 1. The molecule has 0 aliphatic carbocycles. The summed E-state index contributed by atoms with van der Waals surface area (Å²) in [7, 11) is 1.66. The van der Waals surface area contributed by atoms with Crippen LogP contribution in [-0.4, -0.2) is 37.4 Å². The van der Waals surface area contributed by atoms with Crippen LogP contribution in [-0.2, 0) is 9.53 Å². The molecule has 0 heterocycles. The number of carbonyl (C=O) groups is 1. The number of aliphatic carboxylic acids is 1. The fraction of sp³-hybridized carbons (Fsp3) is 0.875. The second-order valence-electron chi connectivity index (χ2n) is 2.71. The molecule has 0 saturated heterocycles. The fourth-order valence-electron chi connectivity index (χ4n) is 0.777. The molecule has 0 amide bonds. The molecule has 0 spiro atoms. The van der Waals surface area contributed by atoms with Crippen molar-refractivity contribution in [3.05, 3.63) is 0 Å². The van der Waals surface area contributed by atoms with E-state index in [2.05, 4.69) is 5.32 Å². The van der Waals surface area contributed by atoms with Crippen LogP contribution in [0.2, 0.25) is 0 Å². The van der Waals surface area contributed by atoms with Gasteiger partial charge in [0.05, 0.1) is 0 Å². The Hall–Kier alpha value is -0.610. The lowest BCUT2D eigenvalue weighted by atomic mass is 10.3. The van der Waals surface area contributed by atoms with E-state index in [-0.39, 0.29) is 0 Å². The summed E-state index contributed by atoms with van der Waals surface area (Å²) in [6, 6.07) is -0.451. The van der Waals surface area contributed by atoms with Gasteiger partial charge in [0, 0.05) is 13.7 Å². The third-order valence-electron chi connectivity index (χ3n) is 1.60. The maximum absolute atomic E-state index is 10.3. The van der Waals surface area contributed by atoms with Crippen LogP contribution in [0.1, 0.15) is 19.8 Å². The number of hydrogen-bond donors (Lipinski definition) is 2. The second-order valence-corrected chi connectivity index (χ2v) is 2.71. The van der Waals surface area contributed by atoms with Crippen molar-refractivity contribution in [2.45, 2.75) is 25.8 Å². The Morgan fingerprint density at radius 3 is 2.75 bits per heavy atom. The van der Waals surface area contributed by atoms with Crippen LogP contribution in [0.5, 0.6) is 0 Å². The molecule has 1 unspecified atom stereocenters. The van der Waals surface area contributed by atoms with Crippen LogP contribution >= 0.6 is 0 Å². The van der Waals surface area contributed by atoms with Gasteiger partial charge in [-0.1, -0.05) is 0 Å². The molecular formula is C8H17NO3. The summed E-state index contributed by atoms with van der Waals surface area (Å²) in [5.74, 6) is -0.804. The van der Waals surface area contributed by atoms with Crippen LogP contribution in [0, 0.1) is 0 Å². The van der Waals surface area contributed by atoms with E-state index in [1.54, 1.807) is 14.0 Å². The Balaban J connectivity index is 3.14. The van der Waals surface area contributed by atoms with Crippen LogP contribution in [0.25, 0.3) is 0 Å². The highest BCUT2D eigenvalue weighted by molar-refractivity contribution is 5.72. The van der Waals surface area contributed by atoms with Gasteiger partial charge >= 0.3 is 5.97 Å². The summed E-state index contributed by atoms with van der Waals surface area (Å²) < 4.78 is 4.85. The molecule has 0 radical (unpaired) electrons. The van der Waals surface area contributed by atoms with E-state index in [4.69, 9.17) is 9.84 Å². The first kappa shape index (κ1) is 11.4. The molecule has 72 valence electrons. The Labute approximate surface area is 72.9 Å². The average molecular weight is 175 g/mol. The van der Waals surface area contributed by atoms with Crippen molar-refractivity contribution >= 4 is 5.97 Å². The zero-order valence-electron chi connectivity index (χ0n) is 7.67. The summed E-state index contributed by atoms with van der Waals surface area (Å²) in [4.78, 5) is 10.3. The smallest absolute Gasteiger partial charge is 0.320 e. The molecule has 0 saturated carbocycles. The minimum atomic E-state index is -0.804. The van der Waals surface area contributed by atoms with Crippen LogP contribution in [0.3, 0.4) is 0 Å². The van der Waals surface area contributed by atoms with Crippen LogP contribution in [0.4, 0.5) is 0 Å². The predicted molar refractivity (Wildman–Crippen MR) is 46.2 cm³/mol. The number of rotatable bonds is 7. The van der Waals surface area contributed by atoms with Gasteiger partial charge < -0.3 is 15.2 Å². The molecule has 12 heavy (non-hydrogen) atoms. The standard InChI is InChI=1S/C8H17NO3/c1-7(8(10)11)9-5-3-4-6-12-2/h7,9H,3-6H2,1-2H3,(H,10,11). The SMILES string of the molecule is COCCCCNC(C)C(=O)O. The summed E-state index contributed by atoms with van der Waals surface area (Å²) in [5.41, 5.74) is 0. The molecule has 1 atom stereocenters. The predicted octanol–water partition coefficient (Wildman–Crippen LogP) is 0.476. The maximum Gasteiger partial charge on any atom is 0.320 e. The Bertz CT molecular complexity index is 127. The van der Waals surface area contributed by atoms with Gasteiger partial charge in [0.2, 0.25) is 0 Å². The number of nitrogens with one attached hydrogen (secondary N) is 1. The highest BCUT2D eigenvalue weighted by Crippen LogP contribution is 1.88. The van der Waals surface area contributed by atoms with Crippen molar-refractivity contribution in [2.24, 2.45) is 0 Å². The zero-order valence-corrected chi connectivity index (χ0v) is 7.67. The number of unbranched alkanes of at least 4 members (excludes halogenated alkanes) is 1. The second kappa shape index (κ2) is 7.06. The van der Waals surface area contributed by atoms with Crippen molar-refractivity contribution in [3.63, 3.8) is 0 Å². The monoisotopic (exact) mass is 175 g/mol. The molecule has 0 aromatic rings. The normalized spacial score (nSPS) is 12.8. The van der Waals surface area contributed by atoms with E-state index in [1.807, 2.05) is 0 Å². The van der Waals surface area contributed by atoms with Crippen molar-refractivity contribution in [1.29, 1.82) is 0 Å². The molecule has 0 aliphatic rings. The van der Waals surface area contributed by atoms with Crippen molar-refractivity contribution in [1.82, 2.24) is 5.32 Å². The van der Waals surface area contributed by atoms with E-state index in [0.717, 1.165) is 26.0 Å². The maximum atomic E-state index is 10.3. The molecule has 0 bridgehead atoms. The average Bonchev–Trinajstić information content (AvgIpc) is 2.03. The lowest BCUT2D eigenvalue weighted by Gasteiger charge is -2.07. The first-order chi connectivity index (χ1) is 5.68. The van der Waals surface area contributed by atoms with Gasteiger partial charge in [0.15, 0.2) is 0 Å². The molecule has 0 aromatic carbocycles. The van der Waals surface area contributed by atoms with Crippen molar-refractivity contribution < 1.29 is 14.6 Å². The molecule has 2 N–H and O–H groups in total. The topological polar surface area (TPSA) is 58.6 Å². The Morgan fingerprint density at radius 2 is 2.25 bits per heavy atom. The van der Waals surface area contributed by atoms with E-state index in [9.17, 15) is 4.79 Å². The number of carboxylic acids is 1. The van der Waals surface area contributed by atoms with Gasteiger partial charge in [-0.05, 0) is 26.3 Å². The van der Waals surface area contributed by atoms with Gasteiger partial charge in [0.25, 0.3) is 0 Å². The largest absolute Gasteiger partial charge is 0.480 e. The first-order valence-electron chi connectivity index (χ1n) is 4.13. The quantitative estimate of drug-likeness (QED) is 0.552. The molecule has 0 aliphatic heterocycles. The summed E-state index contributed by atoms with van der Waals surface area (Å²) >= 11 is 0. The summed E-state index contributed by atoms with van der Waals surface area (Å²) in [5, 5.41) is 11.4. The molecule has 0 rings (SSSR count). The van der Waals surface area contributed by atoms with E-state index < -0.39 is 12.0 Å². The fourth-order valence-corrected chi connectivity index (χ4v) is 0.777. The van der Waals surface area contributed by atoms with Gasteiger partial charge in [0.1, 0.15) is 6.04 Å². The molecule has 4 heteroatoms. The van der Waals surface area contributed by atoms with Gasteiger partial charge in [-0.25, -0.2) is 0 Å². The highest BCUT2D eigenvalue weighted by atomic mass is 16.5. The number of hydrogen-bond acceptors (Lipinski definition) is 3.